The minimum absolute atomic E-state index is 0.153. The van der Waals surface area contributed by atoms with E-state index in [2.05, 4.69) is 22.1 Å². The van der Waals surface area contributed by atoms with Crippen LogP contribution in [0.4, 0.5) is 5.82 Å². The molecule has 23 heavy (non-hydrogen) atoms. The van der Waals surface area contributed by atoms with Crippen LogP contribution in [0, 0.1) is 0 Å². The van der Waals surface area contributed by atoms with E-state index in [4.69, 9.17) is 11.6 Å². The molecule has 0 bridgehead atoms. The number of hydrogen-bond donors (Lipinski definition) is 1. The third-order valence-corrected chi connectivity index (χ3v) is 4.01. The van der Waals surface area contributed by atoms with E-state index in [1.807, 2.05) is 37.4 Å². The molecule has 0 unspecified atom stereocenters. The molecule has 0 atom stereocenters. The largest absolute Gasteiger partial charge is 0.360 e. The fraction of sp³-hybridized carbons (Fsp3) is 0.333. The van der Waals surface area contributed by atoms with Crippen molar-refractivity contribution in [1.82, 2.24) is 10.3 Å². The number of unbranched alkanes of at least 4 members (excludes halogenated alkanes) is 1. The van der Waals surface area contributed by atoms with Crippen LogP contribution in [0.2, 0.25) is 5.02 Å². The molecule has 0 fully saturated rings. The molecule has 0 aliphatic heterocycles. The van der Waals surface area contributed by atoms with Crippen LogP contribution >= 0.6 is 11.6 Å². The van der Waals surface area contributed by atoms with Crippen LogP contribution in [-0.2, 0) is 6.54 Å². The molecule has 0 aliphatic rings. The fourth-order valence-corrected chi connectivity index (χ4v) is 2.38. The molecule has 1 amide bonds. The number of rotatable bonds is 7. The van der Waals surface area contributed by atoms with E-state index in [-0.39, 0.29) is 5.91 Å². The van der Waals surface area contributed by atoms with Gasteiger partial charge in [-0.05, 0) is 30.2 Å². The zero-order chi connectivity index (χ0) is 16.7. The Kier molecular flexibility index (Phi) is 6.41. The summed E-state index contributed by atoms with van der Waals surface area (Å²) in [6.45, 7) is 3.52. The van der Waals surface area contributed by atoms with Gasteiger partial charge in [0.1, 0.15) is 5.82 Å². The highest BCUT2D eigenvalue weighted by Crippen LogP contribution is 2.15. The third kappa shape index (κ3) is 4.96. The van der Waals surface area contributed by atoms with Crippen LogP contribution in [-0.4, -0.2) is 24.5 Å². The molecule has 5 heteroatoms. The Morgan fingerprint density at radius 3 is 2.70 bits per heavy atom. The molecule has 1 aromatic heterocycles. The Bertz CT molecular complexity index is 643. The van der Waals surface area contributed by atoms with Crippen LogP contribution in [0.5, 0.6) is 0 Å². The second-order valence-corrected chi connectivity index (χ2v) is 5.86. The zero-order valence-corrected chi connectivity index (χ0v) is 14.3. The topological polar surface area (TPSA) is 45.2 Å². The second kappa shape index (κ2) is 8.53. The minimum Gasteiger partial charge on any atom is -0.360 e. The van der Waals surface area contributed by atoms with Gasteiger partial charge in [0.15, 0.2) is 0 Å². The summed E-state index contributed by atoms with van der Waals surface area (Å²) in [4.78, 5) is 18.6. The normalized spacial score (nSPS) is 10.4. The SMILES string of the molecule is CCCCN(C)c1ccc(C(=O)NCc2ccccc2Cl)cn1. The molecule has 122 valence electrons. The minimum atomic E-state index is -0.153. The van der Waals surface area contributed by atoms with Crippen molar-refractivity contribution in [3.63, 3.8) is 0 Å². The Morgan fingerprint density at radius 2 is 2.04 bits per heavy atom. The molecule has 1 aromatic carbocycles. The van der Waals surface area contributed by atoms with E-state index in [0.29, 0.717) is 17.1 Å². The van der Waals surface area contributed by atoms with Gasteiger partial charge >= 0.3 is 0 Å². The van der Waals surface area contributed by atoms with Crippen molar-refractivity contribution in [2.75, 3.05) is 18.5 Å². The number of amides is 1. The Balaban J connectivity index is 1.94. The van der Waals surface area contributed by atoms with E-state index in [9.17, 15) is 4.79 Å². The summed E-state index contributed by atoms with van der Waals surface area (Å²) in [5, 5.41) is 3.51. The summed E-state index contributed by atoms with van der Waals surface area (Å²) < 4.78 is 0. The van der Waals surface area contributed by atoms with Crippen molar-refractivity contribution in [3.8, 4) is 0 Å². The number of anilines is 1. The molecule has 0 saturated carbocycles. The van der Waals surface area contributed by atoms with Gasteiger partial charge in [-0.15, -0.1) is 0 Å². The van der Waals surface area contributed by atoms with Gasteiger partial charge in [0.2, 0.25) is 0 Å². The van der Waals surface area contributed by atoms with Crippen molar-refractivity contribution in [3.05, 3.63) is 58.7 Å². The average Bonchev–Trinajstić information content (AvgIpc) is 2.59. The van der Waals surface area contributed by atoms with Crippen molar-refractivity contribution in [2.45, 2.75) is 26.3 Å². The molecule has 0 saturated heterocycles. The van der Waals surface area contributed by atoms with E-state index >= 15 is 0 Å². The van der Waals surface area contributed by atoms with Gasteiger partial charge in [0.25, 0.3) is 5.91 Å². The highest BCUT2D eigenvalue weighted by Gasteiger charge is 2.08. The lowest BCUT2D eigenvalue weighted by Crippen LogP contribution is -2.24. The highest BCUT2D eigenvalue weighted by atomic mass is 35.5. The smallest absolute Gasteiger partial charge is 0.253 e. The van der Waals surface area contributed by atoms with Gasteiger partial charge in [-0.2, -0.15) is 0 Å². The van der Waals surface area contributed by atoms with Crippen LogP contribution in [0.3, 0.4) is 0 Å². The number of carbonyl (C=O) groups excluding carboxylic acids is 1. The van der Waals surface area contributed by atoms with Gasteiger partial charge in [0, 0.05) is 31.4 Å². The molecule has 0 radical (unpaired) electrons. The lowest BCUT2D eigenvalue weighted by Gasteiger charge is -2.17. The molecular weight excluding hydrogens is 310 g/mol. The monoisotopic (exact) mass is 331 g/mol. The predicted octanol–water partition coefficient (Wildman–Crippen LogP) is 3.90. The molecule has 0 spiro atoms. The van der Waals surface area contributed by atoms with Crippen LogP contribution < -0.4 is 10.2 Å². The first-order chi connectivity index (χ1) is 11.1. The number of benzene rings is 1. The van der Waals surface area contributed by atoms with Gasteiger partial charge in [-0.1, -0.05) is 43.1 Å². The summed E-state index contributed by atoms with van der Waals surface area (Å²) in [7, 11) is 2.01. The summed E-state index contributed by atoms with van der Waals surface area (Å²) in [6.07, 6.45) is 3.88. The first kappa shape index (κ1) is 17.3. The standard InChI is InChI=1S/C18H22ClN3O/c1-3-4-11-22(2)17-10-9-15(13-20-17)18(23)21-12-14-7-5-6-8-16(14)19/h5-10,13H,3-4,11-12H2,1-2H3,(H,21,23). The Hall–Kier alpha value is -2.07. The quantitative estimate of drug-likeness (QED) is 0.836. The number of carbonyl (C=O) groups is 1. The number of nitrogens with one attached hydrogen (secondary N) is 1. The molecule has 4 nitrogen and oxygen atoms in total. The lowest BCUT2D eigenvalue weighted by atomic mass is 10.2. The number of aromatic nitrogens is 1. The average molecular weight is 332 g/mol. The molecule has 2 rings (SSSR count). The number of halogens is 1. The maximum atomic E-state index is 12.2. The van der Waals surface area contributed by atoms with E-state index in [0.717, 1.165) is 30.8 Å². The third-order valence-electron chi connectivity index (χ3n) is 3.65. The fourth-order valence-electron chi connectivity index (χ4n) is 2.18. The number of nitrogens with zero attached hydrogens (tertiary/aromatic N) is 2. The number of hydrogen-bond acceptors (Lipinski definition) is 3. The van der Waals surface area contributed by atoms with E-state index in [1.54, 1.807) is 12.3 Å². The summed E-state index contributed by atoms with van der Waals surface area (Å²) in [6, 6.07) is 11.1. The Morgan fingerprint density at radius 1 is 1.26 bits per heavy atom. The van der Waals surface area contributed by atoms with Gasteiger partial charge in [0.05, 0.1) is 5.56 Å². The molecule has 2 aromatic rings. The summed E-state index contributed by atoms with van der Waals surface area (Å²) in [5.41, 5.74) is 1.44. The molecular formula is C18H22ClN3O. The summed E-state index contributed by atoms with van der Waals surface area (Å²) in [5.74, 6) is 0.723. The first-order valence-corrected chi connectivity index (χ1v) is 8.18. The molecule has 1 heterocycles. The van der Waals surface area contributed by atoms with Gasteiger partial charge in [-0.3, -0.25) is 4.79 Å². The number of pyridine rings is 1. The lowest BCUT2D eigenvalue weighted by molar-refractivity contribution is 0.0950. The van der Waals surface area contributed by atoms with Gasteiger partial charge < -0.3 is 10.2 Å². The maximum absolute atomic E-state index is 12.2. The van der Waals surface area contributed by atoms with Crippen LogP contribution in [0.25, 0.3) is 0 Å². The second-order valence-electron chi connectivity index (χ2n) is 5.45. The highest BCUT2D eigenvalue weighted by molar-refractivity contribution is 6.31. The zero-order valence-electron chi connectivity index (χ0n) is 13.6. The van der Waals surface area contributed by atoms with E-state index < -0.39 is 0 Å². The summed E-state index contributed by atoms with van der Waals surface area (Å²) >= 11 is 6.08. The van der Waals surface area contributed by atoms with Crippen molar-refractivity contribution >= 4 is 23.3 Å². The predicted molar refractivity (Wildman–Crippen MR) is 95.0 cm³/mol. The Labute approximate surface area is 142 Å². The first-order valence-electron chi connectivity index (χ1n) is 7.80. The molecule has 0 aliphatic carbocycles. The van der Waals surface area contributed by atoms with Crippen molar-refractivity contribution in [1.29, 1.82) is 0 Å². The van der Waals surface area contributed by atoms with Crippen molar-refractivity contribution in [2.24, 2.45) is 0 Å². The van der Waals surface area contributed by atoms with E-state index in [1.165, 1.54) is 0 Å². The maximum Gasteiger partial charge on any atom is 0.253 e. The van der Waals surface area contributed by atoms with Crippen LogP contribution in [0.1, 0.15) is 35.7 Å². The van der Waals surface area contributed by atoms with Crippen molar-refractivity contribution < 1.29 is 4.79 Å². The molecule has 1 N–H and O–H groups in total. The van der Waals surface area contributed by atoms with Gasteiger partial charge in [-0.25, -0.2) is 4.98 Å². The van der Waals surface area contributed by atoms with Crippen LogP contribution in [0.15, 0.2) is 42.6 Å².